The van der Waals surface area contributed by atoms with Gasteiger partial charge in [0.15, 0.2) is 0 Å². The van der Waals surface area contributed by atoms with E-state index in [1.165, 1.54) is 6.20 Å². The zero-order valence-corrected chi connectivity index (χ0v) is 11.8. The lowest BCUT2D eigenvalue weighted by molar-refractivity contribution is 0.0950. The molecule has 0 aliphatic rings. The molecule has 6 heteroatoms. The zero-order valence-electron chi connectivity index (χ0n) is 10.3. The van der Waals surface area contributed by atoms with Gasteiger partial charge in [-0.05, 0) is 34.1 Å². The highest BCUT2D eigenvalue weighted by Crippen LogP contribution is 2.13. The summed E-state index contributed by atoms with van der Waals surface area (Å²) in [6.07, 6.45) is 3.16. The molecular weight excluding hydrogens is 310 g/mol. The van der Waals surface area contributed by atoms with Gasteiger partial charge < -0.3 is 10.1 Å². The second kappa shape index (κ2) is 6.29. The molecule has 0 saturated carbocycles. The van der Waals surface area contributed by atoms with Crippen LogP contribution in [-0.2, 0) is 6.54 Å². The van der Waals surface area contributed by atoms with E-state index in [0.29, 0.717) is 22.6 Å². The first kappa shape index (κ1) is 13.5. The lowest BCUT2D eigenvalue weighted by Crippen LogP contribution is -2.23. The molecule has 5 nitrogen and oxygen atoms in total. The fourth-order valence-corrected chi connectivity index (χ4v) is 1.76. The Kier molecular flexibility index (Phi) is 4.46. The van der Waals surface area contributed by atoms with Crippen molar-refractivity contribution in [2.45, 2.75) is 6.54 Å². The van der Waals surface area contributed by atoms with E-state index in [2.05, 4.69) is 31.2 Å². The fourth-order valence-electron chi connectivity index (χ4n) is 1.53. The molecule has 0 aromatic carbocycles. The van der Waals surface area contributed by atoms with Gasteiger partial charge in [0.25, 0.3) is 5.91 Å². The summed E-state index contributed by atoms with van der Waals surface area (Å²) in [5, 5.41) is 2.80. The molecule has 0 radical (unpaired) electrons. The molecule has 1 N–H and O–H groups in total. The third-order valence-electron chi connectivity index (χ3n) is 2.47. The number of carbonyl (C=O) groups is 1. The van der Waals surface area contributed by atoms with Crippen LogP contribution in [0.4, 0.5) is 0 Å². The summed E-state index contributed by atoms with van der Waals surface area (Å²) in [5.41, 5.74) is 1.33. The third kappa shape index (κ3) is 3.51. The maximum Gasteiger partial charge on any atom is 0.253 e. The van der Waals surface area contributed by atoms with Crippen molar-refractivity contribution in [1.29, 1.82) is 0 Å². The lowest BCUT2D eigenvalue weighted by Gasteiger charge is -2.08. The van der Waals surface area contributed by atoms with Crippen LogP contribution in [0.1, 0.15) is 15.9 Å². The minimum absolute atomic E-state index is 0.189. The van der Waals surface area contributed by atoms with Crippen molar-refractivity contribution >= 4 is 21.8 Å². The van der Waals surface area contributed by atoms with Gasteiger partial charge in [-0.25, -0.2) is 9.97 Å². The number of rotatable bonds is 4. The van der Waals surface area contributed by atoms with Crippen LogP contribution in [0.3, 0.4) is 0 Å². The molecule has 2 heterocycles. The van der Waals surface area contributed by atoms with Gasteiger partial charge in [-0.2, -0.15) is 0 Å². The SMILES string of the molecule is COc1ncccc1CNC(=O)c1ccc(Br)nc1. The van der Waals surface area contributed by atoms with E-state index in [1.807, 2.05) is 6.07 Å². The van der Waals surface area contributed by atoms with Crippen LogP contribution in [0.2, 0.25) is 0 Å². The molecule has 0 bridgehead atoms. The summed E-state index contributed by atoms with van der Waals surface area (Å²) in [6.45, 7) is 0.353. The molecule has 2 aromatic heterocycles. The highest BCUT2D eigenvalue weighted by Gasteiger charge is 2.08. The number of pyridine rings is 2. The van der Waals surface area contributed by atoms with Crippen molar-refractivity contribution < 1.29 is 9.53 Å². The average Bonchev–Trinajstić information content (AvgIpc) is 2.45. The van der Waals surface area contributed by atoms with Crippen molar-refractivity contribution in [3.05, 3.63) is 52.4 Å². The van der Waals surface area contributed by atoms with E-state index in [0.717, 1.165) is 5.56 Å². The number of methoxy groups -OCH3 is 1. The Balaban J connectivity index is 2.02. The van der Waals surface area contributed by atoms with E-state index < -0.39 is 0 Å². The average molecular weight is 322 g/mol. The maximum atomic E-state index is 11.9. The zero-order chi connectivity index (χ0) is 13.7. The molecule has 0 spiro atoms. The number of carbonyl (C=O) groups excluding carboxylic acids is 1. The summed E-state index contributed by atoms with van der Waals surface area (Å²) in [4.78, 5) is 20.0. The second-order valence-electron chi connectivity index (χ2n) is 3.72. The van der Waals surface area contributed by atoms with Crippen molar-refractivity contribution in [3.63, 3.8) is 0 Å². The Morgan fingerprint density at radius 3 is 2.89 bits per heavy atom. The Morgan fingerprint density at radius 1 is 1.37 bits per heavy atom. The van der Waals surface area contributed by atoms with Crippen LogP contribution in [0.15, 0.2) is 41.3 Å². The van der Waals surface area contributed by atoms with Crippen molar-refractivity contribution in [2.24, 2.45) is 0 Å². The van der Waals surface area contributed by atoms with E-state index in [4.69, 9.17) is 4.74 Å². The summed E-state index contributed by atoms with van der Waals surface area (Å²) < 4.78 is 5.81. The molecule has 98 valence electrons. The predicted molar refractivity (Wildman–Crippen MR) is 73.9 cm³/mol. The Hall–Kier alpha value is -1.95. The Labute approximate surface area is 119 Å². The van der Waals surface area contributed by atoms with Crippen molar-refractivity contribution in [3.8, 4) is 5.88 Å². The van der Waals surface area contributed by atoms with Crippen molar-refractivity contribution in [1.82, 2.24) is 15.3 Å². The second-order valence-corrected chi connectivity index (χ2v) is 4.54. The van der Waals surface area contributed by atoms with Crippen LogP contribution in [0.25, 0.3) is 0 Å². The molecule has 2 aromatic rings. The number of amides is 1. The van der Waals surface area contributed by atoms with Crippen LogP contribution < -0.4 is 10.1 Å². The Bertz CT molecular complexity index is 572. The van der Waals surface area contributed by atoms with Gasteiger partial charge in [0.05, 0.1) is 12.7 Å². The van der Waals surface area contributed by atoms with Gasteiger partial charge in [-0.15, -0.1) is 0 Å². The summed E-state index contributed by atoms with van der Waals surface area (Å²) >= 11 is 3.22. The van der Waals surface area contributed by atoms with Gasteiger partial charge in [0.2, 0.25) is 5.88 Å². The minimum Gasteiger partial charge on any atom is -0.481 e. The molecule has 0 aliphatic carbocycles. The van der Waals surface area contributed by atoms with Crippen LogP contribution in [0.5, 0.6) is 5.88 Å². The number of aromatic nitrogens is 2. The number of ether oxygens (including phenoxy) is 1. The summed E-state index contributed by atoms with van der Waals surface area (Å²) in [5.74, 6) is 0.322. The van der Waals surface area contributed by atoms with Gasteiger partial charge in [0, 0.05) is 24.5 Å². The van der Waals surface area contributed by atoms with Gasteiger partial charge in [0.1, 0.15) is 4.60 Å². The van der Waals surface area contributed by atoms with Crippen LogP contribution in [-0.4, -0.2) is 23.0 Å². The van der Waals surface area contributed by atoms with Crippen molar-refractivity contribution in [2.75, 3.05) is 7.11 Å². The number of nitrogens with zero attached hydrogens (tertiary/aromatic N) is 2. The normalized spacial score (nSPS) is 10.0. The third-order valence-corrected chi connectivity index (χ3v) is 2.94. The molecule has 0 fully saturated rings. The number of nitrogens with one attached hydrogen (secondary N) is 1. The first-order valence-electron chi connectivity index (χ1n) is 5.58. The molecule has 2 rings (SSSR count). The summed E-state index contributed by atoms with van der Waals surface area (Å²) in [6, 6.07) is 7.07. The quantitative estimate of drug-likeness (QED) is 0.877. The topological polar surface area (TPSA) is 64.1 Å². The molecule has 0 aliphatic heterocycles. The Morgan fingerprint density at radius 2 is 2.21 bits per heavy atom. The molecular formula is C13H12BrN3O2. The fraction of sp³-hybridized carbons (Fsp3) is 0.154. The van der Waals surface area contributed by atoms with Gasteiger partial charge in [-0.3, -0.25) is 4.79 Å². The number of hydrogen-bond donors (Lipinski definition) is 1. The maximum absolute atomic E-state index is 11.9. The van der Waals surface area contributed by atoms with Crippen LogP contribution >= 0.6 is 15.9 Å². The monoisotopic (exact) mass is 321 g/mol. The minimum atomic E-state index is -0.189. The first-order valence-corrected chi connectivity index (χ1v) is 6.37. The van der Waals surface area contributed by atoms with Crippen LogP contribution in [0, 0.1) is 0 Å². The standard InChI is InChI=1S/C13H12BrN3O2/c1-19-13-10(3-2-6-15-13)8-17-12(18)9-4-5-11(14)16-7-9/h2-7H,8H2,1H3,(H,17,18). The van der Waals surface area contributed by atoms with Gasteiger partial charge in [-0.1, -0.05) is 6.07 Å². The number of halogens is 1. The van der Waals surface area contributed by atoms with E-state index in [9.17, 15) is 4.79 Å². The molecule has 19 heavy (non-hydrogen) atoms. The highest BCUT2D eigenvalue weighted by atomic mass is 79.9. The highest BCUT2D eigenvalue weighted by molar-refractivity contribution is 9.10. The molecule has 1 amide bonds. The van der Waals surface area contributed by atoms with Gasteiger partial charge >= 0.3 is 0 Å². The molecule has 0 unspecified atom stereocenters. The van der Waals surface area contributed by atoms with E-state index >= 15 is 0 Å². The van der Waals surface area contributed by atoms with E-state index in [-0.39, 0.29) is 5.91 Å². The molecule has 0 saturated heterocycles. The number of hydrogen-bond acceptors (Lipinski definition) is 4. The first-order chi connectivity index (χ1) is 9.20. The molecule has 0 atom stereocenters. The predicted octanol–water partition coefficient (Wildman–Crippen LogP) is 2.18. The summed E-state index contributed by atoms with van der Waals surface area (Å²) in [7, 11) is 1.55. The smallest absolute Gasteiger partial charge is 0.253 e. The van der Waals surface area contributed by atoms with E-state index in [1.54, 1.807) is 31.5 Å². The lowest BCUT2D eigenvalue weighted by atomic mass is 10.2. The largest absolute Gasteiger partial charge is 0.481 e.